The van der Waals surface area contributed by atoms with E-state index in [4.69, 9.17) is 9.47 Å². The van der Waals surface area contributed by atoms with Gasteiger partial charge in [0.25, 0.3) is 0 Å². The number of piperazine rings is 1. The summed E-state index contributed by atoms with van der Waals surface area (Å²) < 4.78 is 11.9. The smallest absolute Gasteiger partial charge is 0.410 e. The van der Waals surface area contributed by atoms with Crippen molar-refractivity contribution in [2.45, 2.75) is 121 Å². The van der Waals surface area contributed by atoms with Crippen LogP contribution in [0.4, 0.5) is 4.79 Å². The number of carbonyl (C=O) groups is 2. The lowest BCUT2D eigenvalue weighted by Crippen LogP contribution is -2.53. The van der Waals surface area contributed by atoms with E-state index in [0.717, 1.165) is 24.4 Å². The second-order valence-corrected chi connectivity index (χ2v) is 13.7. The fourth-order valence-corrected chi connectivity index (χ4v) is 6.74. The Morgan fingerprint density at radius 1 is 1.11 bits per heavy atom. The third kappa shape index (κ3) is 10.5. The lowest BCUT2D eigenvalue weighted by molar-refractivity contribution is -0.151. The third-order valence-electron chi connectivity index (χ3n) is 9.83. The molecule has 0 radical (unpaired) electrons. The zero-order valence-corrected chi connectivity index (χ0v) is 28.2. The van der Waals surface area contributed by atoms with E-state index >= 15 is 0 Å². The molecule has 0 aromatic carbocycles. The largest absolute Gasteiger partial charge is 0.457 e. The first kappa shape index (κ1) is 35.8. The van der Waals surface area contributed by atoms with Crippen LogP contribution in [-0.2, 0) is 14.3 Å². The first-order valence-electron chi connectivity index (χ1n) is 17.3. The number of hydrogen-bond donors (Lipinski definition) is 2. The van der Waals surface area contributed by atoms with Gasteiger partial charge in [-0.2, -0.15) is 0 Å². The Morgan fingerprint density at radius 2 is 1.83 bits per heavy atom. The molecule has 1 aliphatic carbocycles. The predicted octanol–water partition coefficient (Wildman–Crippen LogP) is 5.93. The number of pyridine rings is 1. The maximum Gasteiger partial charge on any atom is 0.410 e. The van der Waals surface area contributed by atoms with Gasteiger partial charge in [-0.25, -0.2) is 4.79 Å². The van der Waals surface area contributed by atoms with Crippen LogP contribution in [0, 0.1) is 5.92 Å². The molecule has 3 heterocycles. The quantitative estimate of drug-likeness (QED) is 0.171. The Labute approximate surface area is 275 Å². The molecule has 0 unspecified atom stereocenters. The Kier molecular flexibility index (Phi) is 13.4. The van der Waals surface area contributed by atoms with Crippen LogP contribution >= 0.6 is 0 Å². The summed E-state index contributed by atoms with van der Waals surface area (Å²) in [6.45, 7) is 10.4. The zero-order valence-electron chi connectivity index (χ0n) is 28.2. The topological polar surface area (TPSA) is 112 Å². The van der Waals surface area contributed by atoms with Gasteiger partial charge in [-0.05, 0) is 63.3 Å². The van der Waals surface area contributed by atoms with Crippen LogP contribution in [0.25, 0.3) is 0 Å². The van der Waals surface area contributed by atoms with Gasteiger partial charge in [-0.1, -0.05) is 69.9 Å². The summed E-state index contributed by atoms with van der Waals surface area (Å²) in [6, 6.07) is 6.43. The first-order valence-corrected chi connectivity index (χ1v) is 17.3. The fraction of sp³-hybridized carbons (Fsp3) is 0.649. The number of ether oxygens (including phenoxy) is 2. The summed E-state index contributed by atoms with van der Waals surface area (Å²) >= 11 is 0. The first-order chi connectivity index (χ1) is 22.0. The van der Waals surface area contributed by atoms with E-state index in [1.54, 1.807) is 24.1 Å². The number of aliphatic hydroxyl groups is 2. The molecule has 0 spiro atoms. The molecule has 1 aromatic heterocycles. The number of aliphatic hydroxyl groups excluding tert-OH is 1. The molecule has 1 saturated heterocycles. The van der Waals surface area contributed by atoms with Crippen molar-refractivity contribution in [2.24, 2.45) is 5.92 Å². The molecule has 1 aromatic rings. The molecular weight excluding hydrogens is 582 g/mol. The molecule has 0 bridgehead atoms. The summed E-state index contributed by atoms with van der Waals surface area (Å²) in [6.07, 6.45) is 16.0. The maximum atomic E-state index is 13.4. The molecule has 9 nitrogen and oxygen atoms in total. The van der Waals surface area contributed by atoms with Crippen molar-refractivity contribution in [3.05, 3.63) is 66.0 Å². The number of rotatable bonds is 6. The molecule has 46 heavy (non-hydrogen) atoms. The van der Waals surface area contributed by atoms with Gasteiger partial charge in [0.15, 0.2) is 6.10 Å². The van der Waals surface area contributed by atoms with Crippen molar-refractivity contribution in [1.29, 1.82) is 0 Å². The number of carbonyl (C=O) groups excluding carboxylic acids is 2. The average Bonchev–Trinajstić information content (AvgIpc) is 3.34. The number of amides is 1. The summed E-state index contributed by atoms with van der Waals surface area (Å²) in [5.41, 5.74) is 0.345. The van der Waals surface area contributed by atoms with Crippen LogP contribution in [0.15, 0.2) is 60.3 Å². The van der Waals surface area contributed by atoms with Crippen molar-refractivity contribution >= 4 is 12.1 Å². The molecule has 6 atom stereocenters. The molecule has 4 rings (SSSR count). The highest BCUT2D eigenvalue weighted by Gasteiger charge is 2.37. The van der Waals surface area contributed by atoms with E-state index in [1.807, 2.05) is 56.4 Å². The standard InChI is InChI=1S/C37H55N3O6/c1-27(32-16-9-10-21-38-32)12-11-13-28(2)35-29(3)17-18-33(37(4,44)20-19-31(41)26-34(42)46-35)45-36(43)40-24-22-39(23-25-40)30-14-7-5-6-8-15-30/h9-13,16-18,21,27,29-31,33,35,41,44H,5-8,14-15,19-20,22-26H2,1-4H3/b12-11+,18-17-,28-13+/t27-,29+,31-,33+,35-,37-/m1/s1. The molecule has 9 heteroatoms. The normalized spacial score (nSPS) is 31.3. The Balaban J connectivity index is 1.45. The van der Waals surface area contributed by atoms with E-state index in [0.29, 0.717) is 19.1 Å². The van der Waals surface area contributed by atoms with Crippen LogP contribution in [0.5, 0.6) is 0 Å². The van der Waals surface area contributed by atoms with E-state index < -0.39 is 36.0 Å². The van der Waals surface area contributed by atoms with Crippen LogP contribution in [0.2, 0.25) is 0 Å². The van der Waals surface area contributed by atoms with Crippen molar-refractivity contribution in [1.82, 2.24) is 14.8 Å². The van der Waals surface area contributed by atoms with Crippen molar-refractivity contribution < 1.29 is 29.3 Å². The molecule has 3 aliphatic rings. The molecule has 1 amide bonds. The monoisotopic (exact) mass is 637 g/mol. The summed E-state index contributed by atoms with van der Waals surface area (Å²) in [5, 5.41) is 22.1. The van der Waals surface area contributed by atoms with Gasteiger partial charge in [-0.15, -0.1) is 0 Å². The molecule has 2 aliphatic heterocycles. The molecular formula is C37H55N3O6. The predicted molar refractivity (Wildman–Crippen MR) is 179 cm³/mol. The van der Waals surface area contributed by atoms with Crippen molar-refractivity contribution in [3.63, 3.8) is 0 Å². The van der Waals surface area contributed by atoms with Crippen LogP contribution in [-0.4, -0.2) is 93.2 Å². The maximum absolute atomic E-state index is 13.4. The molecule has 2 fully saturated rings. The van der Waals surface area contributed by atoms with Gasteiger partial charge in [0.05, 0.1) is 12.5 Å². The number of aromatic nitrogens is 1. The third-order valence-corrected chi connectivity index (χ3v) is 9.83. The minimum Gasteiger partial charge on any atom is -0.457 e. The molecule has 1 saturated carbocycles. The van der Waals surface area contributed by atoms with E-state index in [9.17, 15) is 19.8 Å². The number of hydrogen-bond acceptors (Lipinski definition) is 8. The highest BCUT2D eigenvalue weighted by Crippen LogP contribution is 2.28. The number of nitrogens with zero attached hydrogens (tertiary/aromatic N) is 3. The van der Waals surface area contributed by atoms with Crippen molar-refractivity contribution in [3.8, 4) is 0 Å². The van der Waals surface area contributed by atoms with Gasteiger partial charge >= 0.3 is 12.1 Å². The summed E-state index contributed by atoms with van der Waals surface area (Å²) in [7, 11) is 0. The van der Waals surface area contributed by atoms with Crippen molar-refractivity contribution in [2.75, 3.05) is 26.2 Å². The minimum absolute atomic E-state index is 0.106. The SMILES string of the molecule is C/C(=C\C=C\[C@@H](C)c1ccccn1)[C@H]1OC(=O)C[C@H](O)CC[C@@](C)(O)[C@@H](OC(=O)N2CCN(C3CCCCCC3)CC2)/C=C\[C@@H]1C. The van der Waals surface area contributed by atoms with E-state index in [-0.39, 0.29) is 31.1 Å². The van der Waals surface area contributed by atoms with Crippen LogP contribution in [0.1, 0.15) is 97.1 Å². The Hall–Kier alpha value is -3.01. The van der Waals surface area contributed by atoms with Gasteiger partial charge in [0, 0.05) is 55.9 Å². The highest BCUT2D eigenvalue weighted by molar-refractivity contribution is 5.70. The lowest BCUT2D eigenvalue weighted by Gasteiger charge is -2.40. The van der Waals surface area contributed by atoms with Gasteiger partial charge in [-0.3, -0.25) is 14.7 Å². The second-order valence-electron chi connectivity index (χ2n) is 13.7. The lowest BCUT2D eigenvalue weighted by atomic mass is 9.88. The van der Waals surface area contributed by atoms with Crippen LogP contribution in [0.3, 0.4) is 0 Å². The summed E-state index contributed by atoms with van der Waals surface area (Å²) in [5.74, 6) is -0.685. The Bertz CT molecular complexity index is 1200. The molecule has 2 N–H and O–H groups in total. The van der Waals surface area contributed by atoms with Gasteiger partial charge in [0.1, 0.15) is 11.7 Å². The molecule has 254 valence electrons. The van der Waals surface area contributed by atoms with Gasteiger partial charge in [0.2, 0.25) is 0 Å². The summed E-state index contributed by atoms with van der Waals surface area (Å²) in [4.78, 5) is 34.9. The number of cyclic esters (lactones) is 1. The number of esters is 1. The van der Waals surface area contributed by atoms with Crippen LogP contribution < -0.4 is 0 Å². The van der Waals surface area contributed by atoms with Gasteiger partial charge < -0.3 is 24.6 Å². The average molecular weight is 638 g/mol. The zero-order chi connectivity index (χ0) is 33.1. The minimum atomic E-state index is -1.44. The number of allylic oxidation sites excluding steroid dienone is 3. The Morgan fingerprint density at radius 3 is 2.50 bits per heavy atom. The van der Waals surface area contributed by atoms with E-state index in [1.165, 1.54) is 38.5 Å². The highest BCUT2D eigenvalue weighted by atomic mass is 16.6. The van der Waals surface area contributed by atoms with E-state index in [2.05, 4.69) is 16.8 Å². The second kappa shape index (κ2) is 17.2. The fourth-order valence-electron chi connectivity index (χ4n) is 6.74.